The Balaban J connectivity index is 3.97. The maximum atomic E-state index is 10.3. The molecule has 0 spiro atoms. The van der Waals surface area contributed by atoms with Gasteiger partial charge < -0.3 is 25.3 Å². The first-order chi connectivity index (χ1) is 5.13. The maximum Gasteiger partial charge on any atom is 0.469 e. The molecule has 1 atom stereocenters. The molecular formula is C2H9NO7P2. The summed E-state index contributed by atoms with van der Waals surface area (Å²) in [7, 11) is -9.25. The summed E-state index contributed by atoms with van der Waals surface area (Å²) in [6.45, 7) is -0.894. The number of phosphoric ester groups is 1. The molecule has 0 heterocycles. The van der Waals surface area contributed by atoms with Crippen LogP contribution in [-0.2, 0) is 13.7 Å². The first kappa shape index (κ1) is 12.2. The van der Waals surface area contributed by atoms with Gasteiger partial charge in [0.25, 0.3) is 0 Å². The quantitative estimate of drug-likeness (QED) is 0.362. The topological polar surface area (TPSA) is 150 Å². The number of hydrogen-bond acceptors (Lipinski definition) is 4. The highest BCUT2D eigenvalue weighted by Gasteiger charge is 2.27. The van der Waals surface area contributed by atoms with Crippen LogP contribution in [0.15, 0.2) is 0 Å². The van der Waals surface area contributed by atoms with Crippen LogP contribution in [0, 0.1) is 0 Å². The van der Waals surface area contributed by atoms with E-state index in [4.69, 9.17) is 25.3 Å². The Morgan fingerprint density at radius 2 is 1.67 bits per heavy atom. The minimum absolute atomic E-state index is 0.894. The standard InChI is InChI=1S/C2H9NO7P2/c3-2(11(4,5)6)1-10-12(7,8)9/h2H,1,3H2,(H2,4,5,6)(H2,7,8,9). The van der Waals surface area contributed by atoms with E-state index in [1.54, 1.807) is 0 Å². The molecule has 0 fully saturated rings. The van der Waals surface area contributed by atoms with Crippen molar-refractivity contribution in [3.8, 4) is 0 Å². The molecule has 0 saturated heterocycles. The molecule has 1 unspecified atom stereocenters. The van der Waals surface area contributed by atoms with Gasteiger partial charge in [0.05, 0.1) is 6.61 Å². The highest BCUT2D eigenvalue weighted by molar-refractivity contribution is 7.52. The molecule has 6 N–H and O–H groups in total. The summed E-state index contributed by atoms with van der Waals surface area (Å²) >= 11 is 0. The molecule has 0 aliphatic carbocycles. The zero-order valence-corrected chi connectivity index (χ0v) is 7.56. The smallest absolute Gasteiger partial charge is 0.323 e. The van der Waals surface area contributed by atoms with E-state index in [0.29, 0.717) is 0 Å². The number of rotatable bonds is 4. The molecule has 10 heteroatoms. The molecule has 12 heavy (non-hydrogen) atoms. The van der Waals surface area contributed by atoms with Crippen LogP contribution in [0.1, 0.15) is 0 Å². The first-order valence-corrected chi connectivity index (χ1v) is 5.85. The Bertz CT molecular complexity index is 228. The highest BCUT2D eigenvalue weighted by Crippen LogP contribution is 2.42. The molecule has 0 aromatic rings. The van der Waals surface area contributed by atoms with Gasteiger partial charge in [-0.3, -0.25) is 9.09 Å². The van der Waals surface area contributed by atoms with Gasteiger partial charge in [0, 0.05) is 0 Å². The van der Waals surface area contributed by atoms with Crippen LogP contribution in [0.3, 0.4) is 0 Å². The second-order valence-electron chi connectivity index (χ2n) is 1.94. The van der Waals surface area contributed by atoms with Crippen LogP contribution in [0.5, 0.6) is 0 Å². The third-order valence-electron chi connectivity index (χ3n) is 0.845. The molecule has 74 valence electrons. The number of phosphoric acid groups is 1. The Morgan fingerprint density at radius 1 is 1.25 bits per heavy atom. The van der Waals surface area contributed by atoms with Gasteiger partial charge in [0.1, 0.15) is 5.78 Å². The SMILES string of the molecule is NC(COP(=O)(O)O)P(=O)(O)O. The summed E-state index contributed by atoms with van der Waals surface area (Å²) in [5.41, 5.74) is 4.83. The number of nitrogens with two attached hydrogens (primary N) is 1. The van der Waals surface area contributed by atoms with E-state index < -0.39 is 27.8 Å². The second kappa shape index (κ2) is 3.95. The summed E-state index contributed by atoms with van der Waals surface area (Å²) in [6, 6.07) is 0. The van der Waals surface area contributed by atoms with Gasteiger partial charge in [-0.2, -0.15) is 0 Å². The minimum atomic E-state index is -4.71. The molecule has 0 amide bonds. The van der Waals surface area contributed by atoms with Gasteiger partial charge in [-0.1, -0.05) is 0 Å². The normalized spacial score (nSPS) is 16.1. The van der Waals surface area contributed by atoms with E-state index in [9.17, 15) is 9.13 Å². The number of hydrogen-bond donors (Lipinski definition) is 5. The van der Waals surface area contributed by atoms with Gasteiger partial charge >= 0.3 is 15.4 Å². The Kier molecular flexibility index (Phi) is 4.02. The molecule has 0 rings (SSSR count). The fourth-order valence-electron chi connectivity index (χ4n) is 0.271. The second-order valence-corrected chi connectivity index (χ2v) is 5.02. The Hall–Kier alpha value is 0.220. The van der Waals surface area contributed by atoms with Crippen LogP contribution >= 0.6 is 15.4 Å². The summed E-state index contributed by atoms with van der Waals surface area (Å²) in [5.74, 6) is -1.72. The average molecular weight is 221 g/mol. The molecular weight excluding hydrogens is 212 g/mol. The van der Waals surface area contributed by atoms with Crippen molar-refractivity contribution in [2.75, 3.05) is 6.61 Å². The van der Waals surface area contributed by atoms with Crippen molar-refractivity contribution in [1.29, 1.82) is 0 Å². The van der Waals surface area contributed by atoms with Gasteiger partial charge in [-0.05, 0) is 0 Å². The lowest BCUT2D eigenvalue weighted by molar-refractivity contribution is 0.191. The third-order valence-corrected chi connectivity index (χ3v) is 2.34. The van der Waals surface area contributed by atoms with Crippen LogP contribution in [-0.4, -0.2) is 32.0 Å². The predicted octanol–water partition coefficient (Wildman–Crippen LogP) is -1.44. The van der Waals surface area contributed by atoms with E-state index in [0.717, 1.165) is 0 Å². The van der Waals surface area contributed by atoms with Crippen LogP contribution < -0.4 is 5.73 Å². The van der Waals surface area contributed by atoms with Crippen molar-refractivity contribution >= 4 is 15.4 Å². The summed E-state index contributed by atoms with van der Waals surface area (Å²) < 4.78 is 24.1. The first-order valence-electron chi connectivity index (χ1n) is 2.64. The third kappa shape index (κ3) is 5.82. The fourth-order valence-corrected chi connectivity index (χ4v) is 1.01. The fraction of sp³-hybridized carbons (Fsp3) is 1.00. The van der Waals surface area contributed by atoms with Crippen molar-refractivity contribution in [2.45, 2.75) is 5.78 Å². The summed E-state index contributed by atoms with van der Waals surface area (Å²) in [4.78, 5) is 32.9. The van der Waals surface area contributed by atoms with Gasteiger partial charge in [0.15, 0.2) is 0 Å². The Labute approximate surface area is 67.7 Å². The highest BCUT2D eigenvalue weighted by atomic mass is 31.2. The van der Waals surface area contributed by atoms with Crippen molar-refractivity contribution in [3.05, 3.63) is 0 Å². The molecule has 0 aromatic carbocycles. The molecule has 0 aromatic heterocycles. The molecule has 0 saturated carbocycles. The molecule has 0 aliphatic heterocycles. The zero-order valence-electron chi connectivity index (χ0n) is 5.77. The van der Waals surface area contributed by atoms with E-state index in [1.807, 2.05) is 0 Å². The Morgan fingerprint density at radius 3 is 1.92 bits per heavy atom. The van der Waals surface area contributed by atoms with Crippen LogP contribution in [0.2, 0.25) is 0 Å². The van der Waals surface area contributed by atoms with Gasteiger partial charge in [0.2, 0.25) is 0 Å². The van der Waals surface area contributed by atoms with Gasteiger partial charge in [-0.15, -0.1) is 0 Å². The van der Waals surface area contributed by atoms with Crippen molar-refractivity contribution in [1.82, 2.24) is 0 Å². The van der Waals surface area contributed by atoms with E-state index >= 15 is 0 Å². The van der Waals surface area contributed by atoms with E-state index in [-0.39, 0.29) is 0 Å². The molecule has 0 aliphatic rings. The van der Waals surface area contributed by atoms with Crippen molar-refractivity contribution in [3.63, 3.8) is 0 Å². The van der Waals surface area contributed by atoms with Crippen molar-refractivity contribution in [2.24, 2.45) is 5.73 Å². The van der Waals surface area contributed by atoms with E-state index in [2.05, 4.69) is 4.52 Å². The average Bonchev–Trinajstić information content (AvgIpc) is 1.78. The molecule has 8 nitrogen and oxygen atoms in total. The lowest BCUT2D eigenvalue weighted by Gasteiger charge is -2.13. The van der Waals surface area contributed by atoms with Gasteiger partial charge in [-0.25, -0.2) is 4.57 Å². The summed E-state index contributed by atoms with van der Waals surface area (Å²) in [5, 5.41) is 0. The van der Waals surface area contributed by atoms with Crippen LogP contribution in [0.25, 0.3) is 0 Å². The van der Waals surface area contributed by atoms with E-state index in [1.165, 1.54) is 0 Å². The monoisotopic (exact) mass is 221 g/mol. The molecule has 0 radical (unpaired) electrons. The minimum Gasteiger partial charge on any atom is -0.323 e. The zero-order chi connectivity index (χ0) is 9.99. The molecule has 0 bridgehead atoms. The lowest BCUT2D eigenvalue weighted by atomic mass is 10.7. The summed E-state index contributed by atoms with van der Waals surface area (Å²) in [6.07, 6.45) is 0. The largest absolute Gasteiger partial charge is 0.469 e. The lowest BCUT2D eigenvalue weighted by Crippen LogP contribution is -2.25. The van der Waals surface area contributed by atoms with Crippen molar-refractivity contribution < 1.29 is 33.2 Å². The maximum absolute atomic E-state index is 10.3. The predicted molar refractivity (Wildman–Crippen MR) is 38.0 cm³/mol. The van der Waals surface area contributed by atoms with Crippen LogP contribution in [0.4, 0.5) is 0 Å².